The SMILES string of the molecule is CC(C)CC(=O)O[C@@H]1C2(Cc3ccccc3C2)[C@H]2CC[C@]1(C)C2(C)C. The van der Waals surface area contributed by atoms with E-state index in [0.717, 1.165) is 12.8 Å². The number of rotatable bonds is 3. The van der Waals surface area contributed by atoms with Crippen molar-refractivity contribution in [2.24, 2.45) is 28.1 Å². The largest absolute Gasteiger partial charge is 0.461 e. The molecule has 1 aromatic rings. The summed E-state index contributed by atoms with van der Waals surface area (Å²) in [5, 5.41) is 0. The Morgan fingerprint density at radius 3 is 2.32 bits per heavy atom. The normalized spacial score (nSPS) is 33.8. The first kappa shape index (κ1) is 17.1. The molecule has 1 spiro atoms. The average molecular weight is 341 g/mol. The molecule has 2 bridgehead atoms. The van der Waals surface area contributed by atoms with Crippen LogP contribution in [0.15, 0.2) is 24.3 Å². The Kier molecular flexibility index (Phi) is 3.66. The predicted octanol–water partition coefficient (Wildman–Crippen LogP) is 5.19. The van der Waals surface area contributed by atoms with Gasteiger partial charge in [0, 0.05) is 17.3 Å². The Morgan fingerprint density at radius 1 is 1.16 bits per heavy atom. The maximum Gasteiger partial charge on any atom is 0.306 e. The summed E-state index contributed by atoms with van der Waals surface area (Å²) in [5.74, 6) is 0.984. The van der Waals surface area contributed by atoms with Crippen molar-refractivity contribution in [1.29, 1.82) is 0 Å². The summed E-state index contributed by atoms with van der Waals surface area (Å²) in [6.07, 6.45) is 5.19. The van der Waals surface area contributed by atoms with Crippen LogP contribution in [0.1, 0.15) is 65.0 Å². The highest BCUT2D eigenvalue weighted by molar-refractivity contribution is 5.70. The molecule has 0 aliphatic heterocycles. The number of fused-ring (bicyclic) bond motifs is 4. The molecule has 0 heterocycles. The van der Waals surface area contributed by atoms with Crippen molar-refractivity contribution in [3.63, 3.8) is 0 Å². The van der Waals surface area contributed by atoms with Gasteiger partial charge in [0.15, 0.2) is 0 Å². The lowest BCUT2D eigenvalue weighted by Crippen LogP contribution is -2.48. The second kappa shape index (κ2) is 5.34. The highest BCUT2D eigenvalue weighted by atomic mass is 16.5. The summed E-state index contributed by atoms with van der Waals surface area (Å²) >= 11 is 0. The molecule has 0 radical (unpaired) electrons. The zero-order valence-electron chi connectivity index (χ0n) is 16.4. The van der Waals surface area contributed by atoms with Crippen LogP contribution in [0.2, 0.25) is 0 Å². The van der Waals surface area contributed by atoms with E-state index in [0.29, 0.717) is 18.3 Å². The van der Waals surface area contributed by atoms with Crippen molar-refractivity contribution in [2.45, 2.75) is 72.8 Å². The van der Waals surface area contributed by atoms with Crippen LogP contribution in [-0.2, 0) is 22.4 Å². The van der Waals surface area contributed by atoms with E-state index in [2.05, 4.69) is 58.9 Å². The second-order valence-electron chi connectivity index (χ2n) is 10.1. The summed E-state index contributed by atoms with van der Waals surface area (Å²) in [6, 6.07) is 8.85. The third-order valence-corrected chi connectivity index (χ3v) is 8.07. The predicted molar refractivity (Wildman–Crippen MR) is 100 cm³/mol. The zero-order valence-corrected chi connectivity index (χ0v) is 16.4. The van der Waals surface area contributed by atoms with Gasteiger partial charge in [-0.1, -0.05) is 58.9 Å². The maximum atomic E-state index is 12.6. The van der Waals surface area contributed by atoms with Gasteiger partial charge in [-0.3, -0.25) is 4.79 Å². The highest BCUT2D eigenvalue weighted by Crippen LogP contribution is 2.75. The summed E-state index contributed by atoms with van der Waals surface area (Å²) in [6.45, 7) is 11.4. The van der Waals surface area contributed by atoms with Crippen molar-refractivity contribution >= 4 is 5.97 Å². The Labute approximate surface area is 152 Å². The zero-order chi connectivity index (χ0) is 18.0. The molecule has 4 rings (SSSR count). The van der Waals surface area contributed by atoms with Gasteiger partial charge < -0.3 is 4.74 Å². The van der Waals surface area contributed by atoms with E-state index in [-0.39, 0.29) is 28.3 Å². The van der Waals surface area contributed by atoms with Crippen LogP contribution < -0.4 is 0 Å². The van der Waals surface area contributed by atoms with Crippen LogP contribution in [0.25, 0.3) is 0 Å². The number of benzene rings is 1. The van der Waals surface area contributed by atoms with Crippen LogP contribution >= 0.6 is 0 Å². The highest BCUT2D eigenvalue weighted by Gasteiger charge is 2.74. The van der Waals surface area contributed by atoms with E-state index in [1.165, 1.54) is 24.0 Å². The van der Waals surface area contributed by atoms with Crippen LogP contribution in [0, 0.1) is 28.1 Å². The van der Waals surface area contributed by atoms with Gasteiger partial charge in [-0.25, -0.2) is 0 Å². The van der Waals surface area contributed by atoms with Gasteiger partial charge in [-0.15, -0.1) is 0 Å². The van der Waals surface area contributed by atoms with E-state index >= 15 is 0 Å². The monoisotopic (exact) mass is 340 g/mol. The molecular formula is C23H32O2. The molecule has 0 unspecified atom stereocenters. The fraction of sp³-hybridized carbons (Fsp3) is 0.696. The molecule has 3 aliphatic rings. The second-order valence-corrected chi connectivity index (χ2v) is 10.1. The minimum atomic E-state index is -0.0000869. The van der Waals surface area contributed by atoms with Crippen molar-refractivity contribution in [3.05, 3.63) is 35.4 Å². The molecule has 2 saturated carbocycles. The molecular weight excluding hydrogens is 308 g/mol. The molecule has 2 nitrogen and oxygen atoms in total. The molecule has 0 saturated heterocycles. The van der Waals surface area contributed by atoms with Gasteiger partial charge in [-0.05, 0) is 54.1 Å². The lowest BCUT2D eigenvalue weighted by molar-refractivity contribution is -0.168. The molecule has 136 valence electrons. The van der Waals surface area contributed by atoms with Gasteiger partial charge in [0.25, 0.3) is 0 Å². The first-order valence-electron chi connectivity index (χ1n) is 9.97. The smallest absolute Gasteiger partial charge is 0.306 e. The van der Waals surface area contributed by atoms with Crippen LogP contribution in [-0.4, -0.2) is 12.1 Å². The topological polar surface area (TPSA) is 26.3 Å². The third kappa shape index (κ3) is 2.18. The van der Waals surface area contributed by atoms with Gasteiger partial charge in [0.1, 0.15) is 6.10 Å². The standard InChI is InChI=1S/C23H32O2/c1-15(2)12-19(24)25-20-22(5)11-10-18(21(22,3)4)23(20)13-16-8-6-7-9-17(16)14-23/h6-9,15,18,20H,10-14H2,1-5H3/t18-,20-,22-/m0/s1. The van der Waals surface area contributed by atoms with Gasteiger partial charge >= 0.3 is 5.97 Å². The number of hydrogen-bond donors (Lipinski definition) is 0. The van der Waals surface area contributed by atoms with Crippen molar-refractivity contribution in [2.75, 3.05) is 0 Å². The lowest BCUT2D eigenvalue weighted by atomic mass is 9.66. The van der Waals surface area contributed by atoms with E-state index in [1.807, 2.05) is 0 Å². The average Bonchev–Trinajstić information content (AvgIpc) is 3.03. The first-order valence-corrected chi connectivity index (χ1v) is 9.97. The van der Waals surface area contributed by atoms with Crippen molar-refractivity contribution in [3.8, 4) is 0 Å². The van der Waals surface area contributed by atoms with E-state index < -0.39 is 0 Å². The van der Waals surface area contributed by atoms with Crippen LogP contribution in [0.5, 0.6) is 0 Å². The molecule has 0 N–H and O–H groups in total. The fourth-order valence-electron chi connectivity index (χ4n) is 6.68. The third-order valence-electron chi connectivity index (χ3n) is 8.07. The molecule has 0 aromatic heterocycles. The van der Waals surface area contributed by atoms with Gasteiger partial charge in [0.05, 0.1) is 0 Å². The number of esters is 1. The summed E-state index contributed by atoms with van der Waals surface area (Å²) in [5.41, 5.74) is 3.36. The molecule has 3 aliphatic carbocycles. The quantitative estimate of drug-likeness (QED) is 0.708. The Balaban J connectivity index is 1.73. The Hall–Kier alpha value is -1.31. The lowest BCUT2D eigenvalue weighted by Gasteiger charge is -2.44. The number of carbonyl (C=O) groups excluding carboxylic acids is 1. The summed E-state index contributed by atoms with van der Waals surface area (Å²) in [4.78, 5) is 12.6. The van der Waals surface area contributed by atoms with Crippen LogP contribution in [0.3, 0.4) is 0 Å². The summed E-state index contributed by atoms with van der Waals surface area (Å²) in [7, 11) is 0. The minimum Gasteiger partial charge on any atom is -0.461 e. The molecule has 1 aromatic carbocycles. The first-order chi connectivity index (χ1) is 11.7. The van der Waals surface area contributed by atoms with E-state index in [1.54, 1.807) is 0 Å². The molecule has 3 atom stereocenters. The Morgan fingerprint density at radius 2 is 1.76 bits per heavy atom. The number of carbonyl (C=O) groups is 1. The maximum absolute atomic E-state index is 12.6. The van der Waals surface area contributed by atoms with Gasteiger partial charge in [0.2, 0.25) is 0 Å². The van der Waals surface area contributed by atoms with E-state index in [9.17, 15) is 4.79 Å². The molecule has 0 amide bonds. The fourth-order valence-corrected chi connectivity index (χ4v) is 6.68. The number of ether oxygens (including phenoxy) is 1. The molecule has 25 heavy (non-hydrogen) atoms. The van der Waals surface area contributed by atoms with Crippen LogP contribution in [0.4, 0.5) is 0 Å². The number of hydrogen-bond acceptors (Lipinski definition) is 2. The molecule has 2 fully saturated rings. The minimum absolute atomic E-state index is 0.0000869. The van der Waals surface area contributed by atoms with Crippen molar-refractivity contribution in [1.82, 2.24) is 0 Å². The van der Waals surface area contributed by atoms with Crippen molar-refractivity contribution < 1.29 is 9.53 Å². The summed E-state index contributed by atoms with van der Waals surface area (Å²) < 4.78 is 6.32. The molecule has 2 heteroatoms. The van der Waals surface area contributed by atoms with E-state index in [4.69, 9.17) is 4.74 Å². The van der Waals surface area contributed by atoms with Gasteiger partial charge in [-0.2, -0.15) is 0 Å². The Bertz CT molecular complexity index is 677.